The third kappa shape index (κ3) is 2.76. The Balaban J connectivity index is 1.49. The number of amides is 2. The van der Waals surface area contributed by atoms with Crippen LogP contribution in [0.2, 0.25) is 0 Å². The number of rotatable bonds is 2. The molecule has 20 heavy (non-hydrogen) atoms. The van der Waals surface area contributed by atoms with Gasteiger partial charge in [-0.3, -0.25) is 4.90 Å². The quantitative estimate of drug-likeness (QED) is 0.846. The van der Waals surface area contributed by atoms with E-state index in [2.05, 4.69) is 15.5 Å². The van der Waals surface area contributed by atoms with Crippen molar-refractivity contribution in [2.75, 3.05) is 44.6 Å². The van der Waals surface area contributed by atoms with Gasteiger partial charge in [-0.2, -0.15) is 0 Å². The number of halogens is 1. The van der Waals surface area contributed by atoms with E-state index in [0.717, 1.165) is 39.3 Å². The number of carbonyl (C=O) groups excluding carboxylic acids is 1. The van der Waals surface area contributed by atoms with Gasteiger partial charge in [-0.25, -0.2) is 9.18 Å². The highest BCUT2D eigenvalue weighted by molar-refractivity contribution is 5.90. The average molecular weight is 278 g/mol. The van der Waals surface area contributed by atoms with Gasteiger partial charge < -0.3 is 15.5 Å². The SMILES string of the molecule is O=C(Nc1ccccc1F)N1CC(N2CCNCC2)C1. The Morgan fingerprint density at radius 1 is 1.25 bits per heavy atom. The Hall–Kier alpha value is -1.66. The number of nitrogens with zero attached hydrogens (tertiary/aromatic N) is 2. The van der Waals surface area contributed by atoms with Crippen LogP contribution in [0.25, 0.3) is 0 Å². The fourth-order valence-electron chi connectivity index (χ4n) is 2.66. The molecule has 3 rings (SSSR count). The van der Waals surface area contributed by atoms with Crippen molar-refractivity contribution >= 4 is 11.7 Å². The predicted molar refractivity (Wildman–Crippen MR) is 75.2 cm³/mol. The molecule has 6 heteroatoms. The van der Waals surface area contributed by atoms with E-state index in [4.69, 9.17) is 0 Å². The largest absolute Gasteiger partial charge is 0.322 e. The van der Waals surface area contributed by atoms with Crippen molar-refractivity contribution in [1.82, 2.24) is 15.1 Å². The standard InChI is InChI=1S/C14H19FN4O/c15-12-3-1-2-4-13(12)17-14(20)19-9-11(10-19)18-7-5-16-6-8-18/h1-4,11,16H,5-10H2,(H,17,20). The molecule has 0 bridgehead atoms. The van der Waals surface area contributed by atoms with Crippen molar-refractivity contribution < 1.29 is 9.18 Å². The molecule has 2 N–H and O–H groups in total. The fraction of sp³-hybridized carbons (Fsp3) is 0.500. The number of hydrogen-bond acceptors (Lipinski definition) is 3. The van der Waals surface area contributed by atoms with E-state index in [1.54, 1.807) is 23.1 Å². The molecule has 0 radical (unpaired) electrons. The molecule has 2 heterocycles. The van der Waals surface area contributed by atoms with Crippen LogP contribution in [0, 0.1) is 5.82 Å². The second-order valence-corrected chi connectivity index (χ2v) is 5.25. The molecule has 2 amide bonds. The average Bonchev–Trinajstić information content (AvgIpc) is 2.41. The minimum atomic E-state index is -0.403. The first-order valence-corrected chi connectivity index (χ1v) is 6.99. The Labute approximate surface area is 117 Å². The second-order valence-electron chi connectivity index (χ2n) is 5.25. The van der Waals surface area contributed by atoms with Crippen LogP contribution in [0.15, 0.2) is 24.3 Å². The molecule has 5 nitrogen and oxygen atoms in total. The monoisotopic (exact) mass is 278 g/mol. The van der Waals surface area contributed by atoms with Gasteiger partial charge in [0.1, 0.15) is 5.82 Å². The van der Waals surface area contributed by atoms with Gasteiger partial charge >= 0.3 is 6.03 Å². The molecule has 0 saturated carbocycles. The number of nitrogens with one attached hydrogen (secondary N) is 2. The molecule has 2 saturated heterocycles. The lowest BCUT2D eigenvalue weighted by Gasteiger charge is -2.46. The maximum Gasteiger partial charge on any atom is 0.322 e. The molecule has 0 aromatic heterocycles. The number of para-hydroxylation sites is 1. The number of benzene rings is 1. The highest BCUT2D eigenvalue weighted by atomic mass is 19.1. The van der Waals surface area contributed by atoms with Crippen molar-refractivity contribution in [3.8, 4) is 0 Å². The van der Waals surface area contributed by atoms with Gasteiger partial charge in [0.15, 0.2) is 0 Å². The van der Waals surface area contributed by atoms with Crippen molar-refractivity contribution in [3.05, 3.63) is 30.1 Å². The van der Waals surface area contributed by atoms with Crippen molar-refractivity contribution in [2.24, 2.45) is 0 Å². The van der Waals surface area contributed by atoms with Crippen LogP contribution >= 0.6 is 0 Å². The zero-order valence-corrected chi connectivity index (χ0v) is 11.3. The molecule has 2 fully saturated rings. The van der Waals surface area contributed by atoms with Gasteiger partial charge in [-0.1, -0.05) is 12.1 Å². The summed E-state index contributed by atoms with van der Waals surface area (Å²) in [5, 5.41) is 5.93. The summed E-state index contributed by atoms with van der Waals surface area (Å²) >= 11 is 0. The zero-order chi connectivity index (χ0) is 13.9. The lowest BCUT2D eigenvalue weighted by Crippen LogP contribution is -2.64. The molecule has 1 aromatic carbocycles. The molecular weight excluding hydrogens is 259 g/mol. The van der Waals surface area contributed by atoms with E-state index < -0.39 is 5.82 Å². The first kappa shape index (κ1) is 13.3. The van der Waals surface area contributed by atoms with Crippen molar-refractivity contribution in [1.29, 1.82) is 0 Å². The van der Waals surface area contributed by atoms with Crippen LogP contribution in [0.3, 0.4) is 0 Å². The van der Waals surface area contributed by atoms with Crippen LogP contribution in [0.1, 0.15) is 0 Å². The number of hydrogen-bond donors (Lipinski definition) is 2. The van der Waals surface area contributed by atoms with Crippen LogP contribution < -0.4 is 10.6 Å². The number of anilines is 1. The normalized spacial score (nSPS) is 20.6. The maximum atomic E-state index is 13.5. The minimum Gasteiger partial charge on any atom is -0.321 e. The molecule has 2 aliphatic rings. The molecular formula is C14H19FN4O. The van der Waals surface area contributed by atoms with E-state index in [1.165, 1.54) is 6.07 Å². The Kier molecular flexibility index (Phi) is 3.84. The lowest BCUT2D eigenvalue weighted by molar-refractivity contribution is 0.0537. The topological polar surface area (TPSA) is 47.6 Å². The summed E-state index contributed by atoms with van der Waals surface area (Å²) in [5.74, 6) is -0.403. The molecule has 2 aliphatic heterocycles. The van der Waals surface area contributed by atoms with Crippen LogP contribution in [0.5, 0.6) is 0 Å². The first-order chi connectivity index (χ1) is 9.74. The smallest absolute Gasteiger partial charge is 0.321 e. The summed E-state index contributed by atoms with van der Waals surface area (Å²) in [6.07, 6.45) is 0. The minimum absolute atomic E-state index is 0.221. The van der Waals surface area contributed by atoms with Gasteiger partial charge in [0.2, 0.25) is 0 Å². The molecule has 0 spiro atoms. The van der Waals surface area contributed by atoms with Gasteiger partial charge in [0.25, 0.3) is 0 Å². The number of urea groups is 1. The first-order valence-electron chi connectivity index (χ1n) is 6.99. The van der Waals surface area contributed by atoms with Gasteiger partial charge in [-0.15, -0.1) is 0 Å². The van der Waals surface area contributed by atoms with Crippen LogP contribution in [-0.2, 0) is 0 Å². The third-order valence-corrected chi connectivity index (χ3v) is 3.93. The summed E-state index contributed by atoms with van der Waals surface area (Å²) < 4.78 is 13.5. The Bertz CT molecular complexity index is 484. The Morgan fingerprint density at radius 3 is 2.65 bits per heavy atom. The number of piperazine rings is 1. The van der Waals surface area contributed by atoms with E-state index in [0.29, 0.717) is 6.04 Å². The van der Waals surface area contributed by atoms with Gasteiger partial charge in [0.05, 0.1) is 5.69 Å². The third-order valence-electron chi connectivity index (χ3n) is 3.93. The predicted octanol–water partition coefficient (Wildman–Crippen LogP) is 0.947. The second kappa shape index (κ2) is 5.76. The fourth-order valence-corrected chi connectivity index (χ4v) is 2.66. The van der Waals surface area contributed by atoms with E-state index in [1.807, 2.05) is 0 Å². The molecule has 0 aliphatic carbocycles. The maximum absolute atomic E-state index is 13.5. The van der Waals surface area contributed by atoms with E-state index >= 15 is 0 Å². The highest BCUT2D eigenvalue weighted by Gasteiger charge is 2.35. The van der Waals surface area contributed by atoms with E-state index in [9.17, 15) is 9.18 Å². The zero-order valence-electron chi connectivity index (χ0n) is 11.3. The summed E-state index contributed by atoms with van der Waals surface area (Å²) in [7, 11) is 0. The molecule has 108 valence electrons. The molecule has 0 atom stereocenters. The summed E-state index contributed by atoms with van der Waals surface area (Å²) in [6.45, 7) is 5.54. The van der Waals surface area contributed by atoms with Crippen molar-refractivity contribution in [2.45, 2.75) is 6.04 Å². The number of likely N-dealkylation sites (tertiary alicyclic amines) is 1. The summed E-state index contributed by atoms with van der Waals surface area (Å²) in [4.78, 5) is 16.1. The molecule has 0 unspecified atom stereocenters. The van der Waals surface area contributed by atoms with Crippen LogP contribution in [0.4, 0.5) is 14.9 Å². The lowest BCUT2D eigenvalue weighted by atomic mass is 10.1. The number of carbonyl (C=O) groups is 1. The van der Waals surface area contributed by atoms with Crippen LogP contribution in [-0.4, -0.2) is 61.1 Å². The van der Waals surface area contributed by atoms with Gasteiger partial charge in [-0.05, 0) is 12.1 Å². The highest BCUT2D eigenvalue weighted by Crippen LogP contribution is 2.18. The van der Waals surface area contributed by atoms with Crippen molar-refractivity contribution in [3.63, 3.8) is 0 Å². The summed E-state index contributed by atoms with van der Waals surface area (Å²) in [5.41, 5.74) is 0.239. The molecule has 1 aromatic rings. The Morgan fingerprint density at radius 2 is 1.95 bits per heavy atom. The van der Waals surface area contributed by atoms with E-state index in [-0.39, 0.29) is 11.7 Å². The summed E-state index contributed by atoms with van der Waals surface area (Å²) in [6, 6.07) is 6.45. The van der Waals surface area contributed by atoms with Gasteiger partial charge in [0, 0.05) is 45.3 Å².